The van der Waals surface area contributed by atoms with Gasteiger partial charge in [-0.2, -0.15) is 0 Å². The van der Waals surface area contributed by atoms with E-state index in [9.17, 15) is 12.8 Å². The monoisotopic (exact) mass is 305 g/mol. The highest BCUT2D eigenvalue weighted by atomic mass is 32.2. The second-order valence-electron chi connectivity index (χ2n) is 5.27. The van der Waals surface area contributed by atoms with Gasteiger partial charge in [-0.15, -0.1) is 0 Å². The molecule has 0 aromatic heterocycles. The first-order valence-corrected chi connectivity index (χ1v) is 8.32. The third-order valence-corrected chi connectivity index (χ3v) is 5.74. The van der Waals surface area contributed by atoms with Crippen LogP contribution in [0, 0.1) is 5.82 Å². The zero-order valence-electron chi connectivity index (χ0n) is 11.7. The van der Waals surface area contributed by atoms with Gasteiger partial charge < -0.3 is 0 Å². The molecule has 0 spiro atoms. The Labute approximate surface area is 124 Å². The molecule has 1 heterocycles. The summed E-state index contributed by atoms with van der Waals surface area (Å²) >= 11 is 0. The molecular formula is C16H16FNO2S. The van der Waals surface area contributed by atoms with Gasteiger partial charge in [0.25, 0.3) is 10.0 Å². The second-order valence-corrected chi connectivity index (χ2v) is 7.09. The van der Waals surface area contributed by atoms with E-state index in [1.807, 2.05) is 31.2 Å². The summed E-state index contributed by atoms with van der Waals surface area (Å²) in [6.45, 7) is 1.88. The van der Waals surface area contributed by atoms with Gasteiger partial charge in [0.2, 0.25) is 0 Å². The summed E-state index contributed by atoms with van der Waals surface area (Å²) in [7, 11) is -3.75. The molecule has 3 rings (SSSR count). The number of anilines is 1. The largest absolute Gasteiger partial charge is 0.264 e. The van der Waals surface area contributed by atoms with Crippen molar-refractivity contribution in [1.82, 2.24) is 0 Å². The molecule has 1 atom stereocenters. The van der Waals surface area contributed by atoms with E-state index in [0.717, 1.165) is 24.5 Å². The predicted molar refractivity (Wildman–Crippen MR) is 80.3 cm³/mol. The summed E-state index contributed by atoms with van der Waals surface area (Å²) in [5.41, 5.74) is 1.70. The van der Waals surface area contributed by atoms with Gasteiger partial charge in [-0.1, -0.05) is 24.3 Å². The van der Waals surface area contributed by atoms with Crippen molar-refractivity contribution in [3.8, 4) is 0 Å². The number of sulfonamides is 1. The lowest BCUT2D eigenvalue weighted by Gasteiger charge is -2.35. The van der Waals surface area contributed by atoms with Gasteiger partial charge in [-0.05, 0) is 49.6 Å². The van der Waals surface area contributed by atoms with Crippen LogP contribution in [-0.2, 0) is 16.4 Å². The molecule has 0 amide bonds. The van der Waals surface area contributed by atoms with E-state index < -0.39 is 15.8 Å². The van der Waals surface area contributed by atoms with E-state index in [1.54, 1.807) is 0 Å². The molecular weight excluding hydrogens is 289 g/mol. The van der Waals surface area contributed by atoms with E-state index in [-0.39, 0.29) is 10.9 Å². The molecule has 0 saturated carbocycles. The van der Waals surface area contributed by atoms with Gasteiger partial charge in [-0.3, -0.25) is 4.31 Å². The molecule has 1 aliphatic rings. The Morgan fingerprint density at radius 1 is 1.14 bits per heavy atom. The summed E-state index contributed by atoms with van der Waals surface area (Å²) in [6, 6.07) is 12.5. The van der Waals surface area contributed by atoms with Gasteiger partial charge in [0, 0.05) is 6.04 Å². The number of hydrogen-bond donors (Lipinski definition) is 0. The summed E-state index contributed by atoms with van der Waals surface area (Å²) < 4.78 is 40.5. The lowest BCUT2D eigenvalue weighted by Crippen LogP contribution is -2.42. The average Bonchev–Trinajstić information content (AvgIpc) is 2.46. The number of benzene rings is 2. The maximum absolute atomic E-state index is 13.4. The van der Waals surface area contributed by atoms with E-state index in [2.05, 4.69) is 0 Å². The van der Waals surface area contributed by atoms with Gasteiger partial charge in [0.1, 0.15) is 5.82 Å². The minimum Gasteiger partial charge on any atom is -0.263 e. The lowest BCUT2D eigenvalue weighted by molar-refractivity contribution is 0.561. The van der Waals surface area contributed by atoms with Crippen LogP contribution in [0.5, 0.6) is 0 Å². The zero-order chi connectivity index (χ0) is 15.0. The first-order chi connectivity index (χ1) is 10.00. The van der Waals surface area contributed by atoms with Crippen LogP contribution in [0.1, 0.15) is 18.9 Å². The Morgan fingerprint density at radius 3 is 2.67 bits per heavy atom. The smallest absolute Gasteiger partial charge is 0.263 e. The number of nitrogens with zero attached hydrogens (tertiary/aromatic N) is 1. The molecule has 0 bridgehead atoms. The Balaban J connectivity index is 2.15. The SMILES string of the molecule is C[C@H]1CCc2ccccc2N1S(=O)(=O)c1cccc(F)c1. The fourth-order valence-corrected chi connectivity index (χ4v) is 4.52. The highest BCUT2D eigenvalue weighted by Crippen LogP contribution is 2.35. The molecule has 110 valence electrons. The number of halogens is 1. The normalized spacial score (nSPS) is 18.4. The standard InChI is InChI=1S/C16H16FNO2S/c1-12-9-10-13-5-2-3-8-16(13)18(12)21(19,20)15-7-4-6-14(17)11-15/h2-8,11-12H,9-10H2,1H3/t12-/m0/s1. The highest BCUT2D eigenvalue weighted by molar-refractivity contribution is 7.92. The van der Waals surface area contributed by atoms with E-state index >= 15 is 0 Å². The molecule has 21 heavy (non-hydrogen) atoms. The third-order valence-electron chi connectivity index (χ3n) is 3.81. The van der Waals surface area contributed by atoms with Crippen LogP contribution < -0.4 is 4.31 Å². The van der Waals surface area contributed by atoms with Crippen molar-refractivity contribution in [2.24, 2.45) is 0 Å². The summed E-state index contributed by atoms with van der Waals surface area (Å²) in [5, 5.41) is 0. The Kier molecular flexibility index (Phi) is 3.45. The van der Waals surface area contributed by atoms with Crippen molar-refractivity contribution in [2.75, 3.05) is 4.31 Å². The maximum atomic E-state index is 13.4. The molecule has 0 fully saturated rings. The minimum absolute atomic E-state index is 0.00828. The lowest BCUT2D eigenvalue weighted by atomic mass is 9.99. The van der Waals surface area contributed by atoms with Crippen molar-refractivity contribution in [3.05, 3.63) is 59.9 Å². The maximum Gasteiger partial charge on any atom is 0.264 e. The minimum atomic E-state index is -3.75. The Hall–Kier alpha value is -1.88. The number of hydrogen-bond acceptors (Lipinski definition) is 2. The first kappa shape index (κ1) is 14.1. The van der Waals surface area contributed by atoms with Crippen molar-refractivity contribution in [2.45, 2.75) is 30.7 Å². The number of fused-ring (bicyclic) bond motifs is 1. The van der Waals surface area contributed by atoms with Crippen molar-refractivity contribution < 1.29 is 12.8 Å². The second kappa shape index (κ2) is 5.15. The number of rotatable bonds is 2. The molecule has 2 aromatic rings. The highest BCUT2D eigenvalue weighted by Gasteiger charge is 2.33. The fourth-order valence-electron chi connectivity index (χ4n) is 2.76. The summed E-state index contributed by atoms with van der Waals surface area (Å²) in [6.07, 6.45) is 1.61. The molecule has 0 N–H and O–H groups in total. The van der Waals surface area contributed by atoms with Crippen LogP contribution in [0.15, 0.2) is 53.4 Å². The first-order valence-electron chi connectivity index (χ1n) is 6.88. The van der Waals surface area contributed by atoms with E-state index in [0.29, 0.717) is 5.69 Å². The quantitative estimate of drug-likeness (QED) is 0.853. The van der Waals surface area contributed by atoms with Crippen molar-refractivity contribution >= 4 is 15.7 Å². The van der Waals surface area contributed by atoms with Gasteiger partial charge in [0.15, 0.2) is 0 Å². The number of para-hydroxylation sites is 1. The Bertz CT molecular complexity index is 773. The van der Waals surface area contributed by atoms with Crippen LogP contribution in [0.25, 0.3) is 0 Å². The van der Waals surface area contributed by atoms with Crippen LogP contribution >= 0.6 is 0 Å². The molecule has 0 radical (unpaired) electrons. The summed E-state index contributed by atoms with van der Waals surface area (Å²) in [4.78, 5) is -0.00828. The number of aryl methyl sites for hydroxylation is 1. The van der Waals surface area contributed by atoms with Crippen LogP contribution in [0.2, 0.25) is 0 Å². The van der Waals surface area contributed by atoms with E-state index in [1.165, 1.54) is 22.5 Å². The molecule has 5 heteroatoms. The molecule has 1 aliphatic heterocycles. The van der Waals surface area contributed by atoms with E-state index in [4.69, 9.17) is 0 Å². The van der Waals surface area contributed by atoms with Crippen LogP contribution in [-0.4, -0.2) is 14.5 Å². The average molecular weight is 305 g/mol. The van der Waals surface area contributed by atoms with Crippen LogP contribution in [0.4, 0.5) is 10.1 Å². The fraction of sp³-hybridized carbons (Fsp3) is 0.250. The Morgan fingerprint density at radius 2 is 1.90 bits per heavy atom. The predicted octanol–water partition coefficient (Wildman–Crippen LogP) is 3.36. The van der Waals surface area contributed by atoms with Gasteiger partial charge in [0.05, 0.1) is 10.6 Å². The van der Waals surface area contributed by atoms with Crippen molar-refractivity contribution in [3.63, 3.8) is 0 Å². The third kappa shape index (κ3) is 2.42. The van der Waals surface area contributed by atoms with Crippen LogP contribution in [0.3, 0.4) is 0 Å². The zero-order valence-corrected chi connectivity index (χ0v) is 12.5. The molecule has 2 aromatic carbocycles. The molecule has 0 aliphatic carbocycles. The molecule has 3 nitrogen and oxygen atoms in total. The van der Waals surface area contributed by atoms with Gasteiger partial charge in [-0.25, -0.2) is 12.8 Å². The molecule has 0 unspecified atom stereocenters. The summed E-state index contributed by atoms with van der Waals surface area (Å²) in [5.74, 6) is -0.547. The molecule has 0 saturated heterocycles. The topological polar surface area (TPSA) is 37.4 Å². The van der Waals surface area contributed by atoms with Crippen molar-refractivity contribution in [1.29, 1.82) is 0 Å². The van der Waals surface area contributed by atoms with Gasteiger partial charge >= 0.3 is 0 Å².